The third kappa shape index (κ3) is 17.2. The average Bonchev–Trinajstić information content (AvgIpc) is 2.45. The second kappa shape index (κ2) is 15.6. The van der Waals surface area contributed by atoms with Crippen LogP contribution in [-0.2, 0) is 9.53 Å². The molecule has 124 valence electrons. The Morgan fingerprint density at radius 2 is 1.38 bits per heavy atom. The van der Waals surface area contributed by atoms with Crippen molar-refractivity contribution in [2.75, 3.05) is 6.61 Å². The molecule has 0 aromatic heterocycles. The molecule has 0 aliphatic heterocycles. The van der Waals surface area contributed by atoms with Crippen LogP contribution in [0.15, 0.2) is 12.7 Å². The lowest BCUT2D eigenvalue weighted by atomic mass is 10.0. The summed E-state index contributed by atoms with van der Waals surface area (Å²) in [4.78, 5) is 11.2. The van der Waals surface area contributed by atoms with Gasteiger partial charge in [-0.2, -0.15) is 0 Å². The zero-order chi connectivity index (χ0) is 15.8. The molecule has 2 nitrogen and oxygen atoms in total. The van der Waals surface area contributed by atoms with Crippen LogP contribution in [-0.4, -0.2) is 12.6 Å². The van der Waals surface area contributed by atoms with E-state index in [0.717, 1.165) is 18.8 Å². The van der Waals surface area contributed by atoms with Crippen LogP contribution in [0.5, 0.6) is 0 Å². The summed E-state index contributed by atoms with van der Waals surface area (Å²) < 4.78 is 4.94. The summed E-state index contributed by atoms with van der Waals surface area (Å²) in [7, 11) is 0. The van der Waals surface area contributed by atoms with Crippen LogP contribution in [0.2, 0.25) is 0 Å². The molecule has 0 spiro atoms. The highest BCUT2D eigenvalue weighted by molar-refractivity contribution is 5.69. The van der Waals surface area contributed by atoms with Gasteiger partial charge in [-0.3, -0.25) is 4.79 Å². The molecule has 0 heterocycles. The number of rotatable bonds is 15. The molecule has 0 saturated carbocycles. The molecule has 0 aliphatic rings. The van der Waals surface area contributed by atoms with Crippen molar-refractivity contribution < 1.29 is 9.53 Å². The lowest BCUT2D eigenvalue weighted by Gasteiger charge is -2.05. The topological polar surface area (TPSA) is 26.3 Å². The van der Waals surface area contributed by atoms with Crippen LogP contribution < -0.4 is 0 Å². The Balaban J connectivity index is 3.09. The Morgan fingerprint density at radius 3 is 1.86 bits per heavy atom. The maximum Gasteiger partial charge on any atom is 0.306 e. The molecule has 0 unspecified atom stereocenters. The molecule has 0 aromatic carbocycles. The molecule has 2 heteroatoms. The zero-order valence-corrected chi connectivity index (χ0v) is 14.4. The molecule has 21 heavy (non-hydrogen) atoms. The van der Waals surface area contributed by atoms with Crippen LogP contribution in [0.1, 0.15) is 90.9 Å². The van der Waals surface area contributed by atoms with Crippen molar-refractivity contribution in [2.24, 2.45) is 5.92 Å². The number of hydrogen-bond donors (Lipinski definition) is 0. The first kappa shape index (κ1) is 20.2. The average molecular weight is 296 g/mol. The van der Waals surface area contributed by atoms with Gasteiger partial charge in [0.05, 0.1) is 0 Å². The van der Waals surface area contributed by atoms with E-state index < -0.39 is 0 Å². The fourth-order valence-corrected chi connectivity index (χ4v) is 2.46. The third-order valence-electron chi connectivity index (χ3n) is 3.77. The van der Waals surface area contributed by atoms with E-state index in [2.05, 4.69) is 20.4 Å². The fourth-order valence-electron chi connectivity index (χ4n) is 2.46. The normalized spacial score (nSPS) is 10.8. The third-order valence-corrected chi connectivity index (χ3v) is 3.77. The smallest absolute Gasteiger partial charge is 0.306 e. The first-order valence-electron chi connectivity index (χ1n) is 8.93. The van der Waals surface area contributed by atoms with Crippen molar-refractivity contribution in [1.82, 2.24) is 0 Å². The maximum atomic E-state index is 11.2. The summed E-state index contributed by atoms with van der Waals surface area (Å²) in [6.07, 6.45) is 16.6. The quantitative estimate of drug-likeness (QED) is 0.209. The second-order valence-corrected chi connectivity index (χ2v) is 6.44. The van der Waals surface area contributed by atoms with Crippen molar-refractivity contribution in [2.45, 2.75) is 90.9 Å². The summed E-state index contributed by atoms with van der Waals surface area (Å²) in [5, 5.41) is 0. The van der Waals surface area contributed by atoms with E-state index in [9.17, 15) is 4.79 Å². The Kier molecular flexibility index (Phi) is 15.0. The van der Waals surface area contributed by atoms with Gasteiger partial charge in [0.15, 0.2) is 0 Å². The molecular formula is C19H36O2. The van der Waals surface area contributed by atoms with Crippen LogP contribution >= 0.6 is 0 Å². The molecule has 0 N–H and O–H groups in total. The van der Waals surface area contributed by atoms with Crippen molar-refractivity contribution in [3.63, 3.8) is 0 Å². The lowest BCUT2D eigenvalue weighted by molar-refractivity contribution is -0.142. The van der Waals surface area contributed by atoms with Gasteiger partial charge in [-0.1, -0.05) is 90.7 Å². The maximum absolute atomic E-state index is 11.2. The van der Waals surface area contributed by atoms with Crippen LogP contribution in [0.25, 0.3) is 0 Å². The van der Waals surface area contributed by atoms with Gasteiger partial charge in [0.25, 0.3) is 0 Å². The summed E-state index contributed by atoms with van der Waals surface area (Å²) in [6, 6.07) is 0. The molecule has 0 bridgehead atoms. The lowest BCUT2D eigenvalue weighted by Crippen LogP contribution is -2.03. The van der Waals surface area contributed by atoms with E-state index in [1.165, 1.54) is 57.8 Å². The molecule has 0 saturated heterocycles. The van der Waals surface area contributed by atoms with E-state index in [1.54, 1.807) is 6.08 Å². The number of carbonyl (C=O) groups is 1. The van der Waals surface area contributed by atoms with E-state index in [1.807, 2.05) is 0 Å². The summed E-state index contributed by atoms with van der Waals surface area (Å²) in [5.74, 6) is 0.773. The first-order chi connectivity index (χ1) is 10.2. The van der Waals surface area contributed by atoms with E-state index in [4.69, 9.17) is 4.74 Å². The van der Waals surface area contributed by atoms with Crippen molar-refractivity contribution in [1.29, 1.82) is 0 Å². The van der Waals surface area contributed by atoms with Crippen molar-refractivity contribution in [3.05, 3.63) is 12.7 Å². The highest BCUT2D eigenvalue weighted by Crippen LogP contribution is 2.13. The monoisotopic (exact) mass is 296 g/mol. The van der Waals surface area contributed by atoms with Crippen LogP contribution in [0.3, 0.4) is 0 Å². The van der Waals surface area contributed by atoms with Gasteiger partial charge < -0.3 is 4.74 Å². The molecule has 0 rings (SSSR count). The molecule has 0 fully saturated rings. The summed E-state index contributed by atoms with van der Waals surface area (Å²) >= 11 is 0. The molecule has 0 aromatic rings. The predicted octanol–water partition coefficient (Wildman–Crippen LogP) is 6.05. The number of hydrogen-bond acceptors (Lipinski definition) is 2. The Hall–Kier alpha value is -0.790. The van der Waals surface area contributed by atoms with Gasteiger partial charge in [0, 0.05) is 6.42 Å². The largest absolute Gasteiger partial charge is 0.461 e. The highest BCUT2D eigenvalue weighted by atomic mass is 16.5. The van der Waals surface area contributed by atoms with Gasteiger partial charge in [-0.15, -0.1) is 0 Å². The molecule has 0 atom stereocenters. The minimum absolute atomic E-state index is 0.0868. The van der Waals surface area contributed by atoms with E-state index in [0.29, 0.717) is 13.0 Å². The number of ether oxygens (including phenoxy) is 1. The van der Waals surface area contributed by atoms with Gasteiger partial charge in [0.1, 0.15) is 6.61 Å². The Labute approximate surface area is 132 Å². The fraction of sp³-hybridized carbons (Fsp3) is 0.842. The SMILES string of the molecule is C=CCOC(=O)CCCCCCCCCCCCC(C)C. The molecular weight excluding hydrogens is 260 g/mol. The van der Waals surface area contributed by atoms with Gasteiger partial charge in [-0.25, -0.2) is 0 Å². The van der Waals surface area contributed by atoms with E-state index >= 15 is 0 Å². The van der Waals surface area contributed by atoms with Crippen molar-refractivity contribution in [3.8, 4) is 0 Å². The van der Waals surface area contributed by atoms with Crippen LogP contribution in [0, 0.1) is 5.92 Å². The van der Waals surface area contributed by atoms with Gasteiger partial charge >= 0.3 is 5.97 Å². The Morgan fingerprint density at radius 1 is 0.905 bits per heavy atom. The predicted molar refractivity (Wildman–Crippen MR) is 91.4 cm³/mol. The van der Waals surface area contributed by atoms with Gasteiger partial charge in [0.2, 0.25) is 0 Å². The summed E-state index contributed by atoms with van der Waals surface area (Å²) in [5.41, 5.74) is 0. The van der Waals surface area contributed by atoms with Crippen LogP contribution in [0.4, 0.5) is 0 Å². The summed E-state index contributed by atoms with van der Waals surface area (Å²) in [6.45, 7) is 8.48. The molecule has 0 aliphatic carbocycles. The minimum Gasteiger partial charge on any atom is -0.461 e. The second-order valence-electron chi connectivity index (χ2n) is 6.44. The van der Waals surface area contributed by atoms with E-state index in [-0.39, 0.29) is 5.97 Å². The highest BCUT2D eigenvalue weighted by Gasteiger charge is 2.01. The molecule has 0 radical (unpaired) electrons. The minimum atomic E-state index is -0.0868. The molecule has 0 amide bonds. The standard InChI is InChI=1S/C19H36O2/c1-4-17-21-19(20)16-14-12-10-8-6-5-7-9-11-13-15-18(2)3/h4,18H,1,5-17H2,2-3H3. The zero-order valence-electron chi connectivity index (χ0n) is 14.4. The number of unbranched alkanes of at least 4 members (excludes halogenated alkanes) is 9. The number of carbonyl (C=O) groups excluding carboxylic acids is 1. The Bertz CT molecular complexity index is 246. The number of esters is 1. The van der Waals surface area contributed by atoms with Crippen molar-refractivity contribution >= 4 is 5.97 Å². The first-order valence-corrected chi connectivity index (χ1v) is 8.93. The van der Waals surface area contributed by atoms with Gasteiger partial charge in [-0.05, 0) is 12.3 Å².